The van der Waals surface area contributed by atoms with Crippen LogP contribution in [0.5, 0.6) is 0 Å². The second-order valence-electron chi connectivity index (χ2n) is 14.4. The van der Waals surface area contributed by atoms with Gasteiger partial charge in [-0.15, -0.1) is 11.3 Å². The molecule has 0 unspecified atom stereocenters. The topological polar surface area (TPSA) is 43.6 Å². The van der Waals surface area contributed by atoms with Crippen LogP contribution in [0.25, 0.3) is 70.4 Å². The molecule has 57 heavy (non-hydrogen) atoms. The second kappa shape index (κ2) is 13.6. The van der Waals surface area contributed by atoms with Crippen LogP contribution in [0.4, 0.5) is 0 Å². The van der Waals surface area contributed by atoms with Crippen LogP contribution >= 0.6 is 11.3 Å². The van der Waals surface area contributed by atoms with E-state index in [9.17, 15) is 0 Å². The molecule has 3 heterocycles. The van der Waals surface area contributed by atoms with Gasteiger partial charge in [0.2, 0.25) is 0 Å². The van der Waals surface area contributed by atoms with Gasteiger partial charge in [0.15, 0.2) is 19.7 Å². The van der Waals surface area contributed by atoms with Gasteiger partial charge in [-0.05, 0) is 51.1 Å². The molecule has 0 radical (unpaired) electrons. The average molecular weight is 763 g/mol. The van der Waals surface area contributed by atoms with Gasteiger partial charge in [0.05, 0.1) is 11.0 Å². The van der Waals surface area contributed by atoms with Crippen LogP contribution in [-0.4, -0.2) is 27.6 Å². The molecular formula is C51H34N4SSi. The summed E-state index contributed by atoms with van der Waals surface area (Å²) >= 11 is 1.90. The summed E-state index contributed by atoms with van der Waals surface area (Å²) in [5.41, 5.74) is 5.29. The van der Waals surface area contributed by atoms with Crippen molar-refractivity contribution in [3.05, 3.63) is 207 Å². The number of hydrogen-bond acceptors (Lipinski definition) is 4. The molecule has 0 atom stereocenters. The Kier molecular flexibility index (Phi) is 7.98. The van der Waals surface area contributed by atoms with Crippen molar-refractivity contribution in [2.75, 3.05) is 0 Å². The first-order chi connectivity index (χ1) is 28.3. The first-order valence-corrected chi connectivity index (χ1v) is 22.0. The molecule has 6 heteroatoms. The standard InChI is InChI=1S/C51H34N4SSi/c1-3-19-38(20-4-1)57(39-21-5-2-6-22-39,48-31-15-27-44-43-26-9-12-30-47(43)56-49(44)48)40-23-14-17-36(33-40)51-53-34-52-50(54-51)35-16-13-18-37(32-35)55-45-28-10-7-24-41(45)42-25-8-11-29-46(42)55/h1-34H. The van der Waals surface area contributed by atoms with Crippen molar-refractivity contribution >= 4 is 82.1 Å². The van der Waals surface area contributed by atoms with Crippen LogP contribution in [0.3, 0.4) is 0 Å². The Labute approximate surface area is 335 Å². The quantitative estimate of drug-likeness (QED) is 0.120. The molecule has 0 amide bonds. The largest absolute Gasteiger partial charge is 0.309 e. The zero-order chi connectivity index (χ0) is 37.8. The lowest BCUT2D eigenvalue weighted by Crippen LogP contribution is -2.74. The maximum absolute atomic E-state index is 5.17. The van der Waals surface area contributed by atoms with Crippen LogP contribution in [0.15, 0.2) is 207 Å². The predicted octanol–water partition coefficient (Wildman–Crippen LogP) is 10.0. The number of benzene rings is 8. The summed E-state index contributed by atoms with van der Waals surface area (Å²) in [6, 6.07) is 72.6. The number of thiophene rings is 1. The molecule has 0 saturated heterocycles. The number of rotatable bonds is 7. The smallest absolute Gasteiger partial charge is 0.181 e. The van der Waals surface area contributed by atoms with Gasteiger partial charge in [0, 0.05) is 47.8 Å². The minimum absolute atomic E-state index is 0.637. The van der Waals surface area contributed by atoms with Gasteiger partial charge in [0.25, 0.3) is 0 Å². The number of nitrogens with zero attached hydrogens (tertiary/aromatic N) is 4. The molecule has 4 nitrogen and oxygen atoms in total. The second-order valence-corrected chi connectivity index (χ2v) is 19.2. The van der Waals surface area contributed by atoms with Crippen LogP contribution in [0, 0.1) is 0 Å². The SMILES string of the molecule is c1ccc([Si](c2ccccc2)(c2cccc(-c3ncnc(-c4cccc(-n5c6ccccc6c6ccccc65)c4)n3)c2)c2cccc3c2sc2ccccc23)cc1. The summed E-state index contributed by atoms with van der Waals surface area (Å²) < 4.78 is 4.97. The molecule has 11 aromatic rings. The van der Waals surface area contributed by atoms with E-state index in [2.05, 4.69) is 205 Å². The Hall–Kier alpha value is -6.99. The van der Waals surface area contributed by atoms with E-state index in [1.165, 1.54) is 62.7 Å². The Morgan fingerprint density at radius 3 is 1.63 bits per heavy atom. The Morgan fingerprint density at radius 2 is 0.947 bits per heavy atom. The molecule has 0 aliphatic rings. The van der Waals surface area contributed by atoms with E-state index in [4.69, 9.17) is 15.0 Å². The van der Waals surface area contributed by atoms with Crippen LogP contribution < -0.4 is 20.7 Å². The maximum atomic E-state index is 5.17. The summed E-state index contributed by atoms with van der Waals surface area (Å²) in [4.78, 5) is 14.7. The van der Waals surface area contributed by atoms with Gasteiger partial charge < -0.3 is 4.57 Å². The molecule has 0 aliphatic heterocycles. The van der Waals surface area contributed by atoms with Crippen molar-refractivity contribution in [3.63, 3.8) is 0 Å². The lowest BCUT2D eigenvalue weighted by molar-refractivity contribution is 1.06. The monoisotopic (exact) mass is 762 g/mol. The minimum atomic E-state index is -2.92. The Morgan fingerprint density at radius 1 is 0.421 bits per heavy atom. The highest BCUT2D eigenvalue weighted by Crippen LogP contribution is 2.35. The molecule has 3 aromatic heterocycles. The minimum Gasteiger partial charge on any atom is -0.309 e. The first kappa shape index (κ1) is 33.4. The third kappa shape index (κ3) is 5.37. The van der Waals surface area contributed by atoms with Crippen LogP contribution in [-0.2, 0) is 0 Å². The third-order valence-corrected chi connectivity index (χ3v) is 17.5. The summed E-state index contributed by atoms with van der Waals surface area (Å²) in [7, 11) is -2.92. The summed E-state index contributed by atoms with van der Waals surface area (Å²) in [6.45, 7) is 0. The Balaban J connectivity index is 1.09. The van der Waals surface area contributed by atoms with Gasteiger partial charge in [-0.2, -0.15) is 0 Å². The van der Waals surface area contributed by atoms with Gasteiger partial charge in [0.1, 0.15) is 6.33 Å². The molecule has 0 spiro atoms. The summed E-state index contributed by atoms with van der Waals surface area (Å²) in [6.07, 6.45) is 1.65. The zero-order valence-corrected chi connectivity index (χ0v) is 32.6. The van der Waals surface area contributed by atoms with Gasteiger partial charge in [-0.1, -0.05) is 170 Å². The fourth-order valence-electron chi connectivity index (χ4n) is 8.84. The molecule has 11 rings (SSSR count). The van der Waals surface area contributed by atoms with Crippen molar-refractivity contribution < 1.29 is 0 Å². The van der Waals surface area contributed by atoms with Crippen molar-refractivity contribution in [2.45, 2.75) is 0 Å². The molecule has 0 saturated carbocycles. The summed E-state index contributed by atoms with van der Waals surface area (Å²) in [5.74, 6) is 1.28. The summed E-state index contributed by atoms with van der Waals surface area (Å²) in [5, 5.41) is 10.4. The van der Waals surface area contributed by atoms with E-state index >= 15 is 0 Å². The predicted molar refractivity (Wildman–Crippen MR) is 242 cm³/mol. The fraction of sp³-hybridized carbons (Fsp3) is 0. The molecule has 0 N–H and O–H groups in total. The van der Waals surface area contributed by atoms with Crippen molar-refractivity contribution in [1.29, 1.82) is 0 Å². The van der Waals surface area contributed by atoms with E-state index < -0.39 is 8.07 Å². The third-order valence-electron chi connectivity index (χ3n) is 11.3. The number of fused-ring (bicyclic) bond motifs is 6. The highest BCUT2D eigenvalue weighted by atomic mass is 32.1. The van der Waals surface area contributed by atoms with Gasteiger partial charge in [-0.25, -0.2) is 15.0 Å². The van der Waals surface area contributed by atoms with Crippen LogP contribution in [0.1, 0.15) is 0 Å². The average Bonchev–Trinajstić information content (AvgIpc) is 3.84. The molecule has 8 aromatic carbocycles. The van der Waals surface area contributed by atoms with Gasteiger partial charge in [-0.3, -0.25) is 0 Å². The molecule has 268 valence electrons. The highest BCUT2D eigenvalue weighted by Gasteiger charge is 2.43. The number of para-hydroxylation sites is 2. The molecule has 0 aliphatic carbocycles. The highest BCUT2D eigenvalue weighted by molar-refractivity contribution is 7.30. The van der Waals surface area contributed by atoms with Crippen LogP contribution in [0.2, 0.25) is 0 Å². The fourth-order valence-corrected chi connectivity index (χ4v) is 15.4. The van der Waals surface area contributed by atoms with E-state index in [1.807, 2.05) is 11.3 Å². The first-order valence-electron chi connectivity index (χ1n) is 19.2. The van der Waals surface area contributed by atoms with E-state index in [1.54, 1.807) is 6.33 Å². The molecular weight excluding hydrogens is 729 g/mol. The van der Waals surface area contributed by atoms with Crippen molar-refractivity contribution in [3.8, 4) is 28.5 Å². The lowest BCUT2D eigenvalue weighted by atomic mass is 10.1. The lowest BCUT2D eigenvalue weighted by Gasteiger charge is -2.35. The van der Waals surface area contributed by atoms with Crippen molar-refractivity contribution in [1.82, 2.24) is 19.5 Å². The number of hydrogen-bond donors (Lipinski definition) is 0. The normalized spacial score (nSPS) is 11.9. The van der Waals surface area contributed by atoms with Gasteiger partial charge >= 0.3 is 0 Å². The zero-order valence-electron chi connectivity index (χ0n) is 30.8. The molecule has 0 fully saturated rings. The van der Waals surface area contributed by atoms with E-state index in [0.29, 0.717) is 11.6 Å². The van der Waals surface area contributed by atoms with E-state index in [-0.39, 0.29) is 0 Å². The maximum Gasteiger partial charge on any atom is 0.181 e. The van der Waals surface area contributed by atoms with Crippen molar-refractivity contribution in [2.24, 2.45) is 0 Å². The number of aromatic nitrogens is 4. The molecule has 0 bridgehead atoms. The van der Waals surface area contributed by atoms with E-state index in [0.717, 1.165) is 16.8 Å². The Bertz CT molecular complexity index is 3170.